The van der Waals surface area contributed by atoms with Gasteiger partial charge in [-0.15, -0.1) is 0 Å². The lowest BCUT2D eigenvalue weighted by molar-refractivity contribution is 0.000290. The lowest BCUT2D eigenvalue weighted by atomic mass is 9.63. The van der Waals surface area contributed by atoms with Crippen LogP contribution in [0.2, 0.25) is 10.0 Å². The van der Waals surface area contributed by atoms with Crippen molar-refractivity contribution in [3.8, 4) is 0 Å². The predicted molar refractivity (Wildman–Crippen MR) is 129 cm³/mol. The van der Waals surface area contributed by atoms with E-state index < -0.39 is 26.7 Å². The maximum atomic E-state index is 15.3. The number of halogens is 4. The molecule has 2 saturated heterocycles. The molecular weight excluding hydrogens is 505 g/mol. The SMILES string of the molecule is C[C@@H]1CCN([C@@H]2CC[C@@]23CCN(c2cc(Cl)c(S(=O)(=O)Nc4cccc(F)n4)c(F)c2Cl)C3)C1. The highest BCUT2D eigenvalue weighted by Crippen LogP contribution is 2.53. The smallest absolute Gasteiger partial charge is 0.267 e. The fourth-order valence-electron chi connectivity index (χ4n) is 5.78. The monoisotopic (exact) mass is 530 g/mol. The van der Waals surface area contributed by atoms with Gasteiger partial charge in [-0.3, -0.25) is 9.62 Å². The molecule has 6 nitrogen and oxygen atoms in total. The number of likely N-dealkylation sites (tertiary alicyclic amines) is 1. The topological polar surface area (TPSA) is 65.5 Å². The zero-order valence-corrected chi connectivity index (χ0v) is 21.0. The Morgan fingerprint density at radius 2 is 1.97 bits per heavy atom. The zero-order chi connectivity index (χ0) is 24.3. The lowest BCUT2D eigenvalue weighted by Crippen LogP contribution is -2.55. The summed E-state index contributed by atoms with van der Waals surface area (Å²) >= 11 is 12.7. The van der Waals surface area contributed by atoms with E-state index in [0.29, 0.717) is 24.2 Å². The van der Waals surface area contributed by atoms with E-state index in [2.05, 4.69) is 21.5 Å². The van der Waals surface area contributed by atoms with E-state index in [1.54, 1.807) is 0 Å². The van der Waals surface area contributed by atoms with E-state index in [1.807, 2.05) is 4.90 Å². The van der Waals surface area contributed by atoms with Crippen LogP contribution in [-0.2, 0) is 10.0 Å². The molecule has 3 aliphatic rings. The van der Waals surface area contributed by atoms with Crippen molar-refractivity contribution >= 4 is 44.7 Å². The standard InChI is InChI=1S/C23H26Cl2F2N4O2S/c1-14-6-9-30(12-14)17-5-7-23(17)8-10-31(13-23)16-11-15(24)22(21(27)20(16)25)34(32,33)29-19-4-2-3-18(26)28-19/h2-4,11,14,17H,5-10,12-13H2,1H3,(H,28,29)/t14-,17-,23+/m1/s1. The van der Waals surface area contributed by atoms with Crippen molar-refractivity contribution in [2.24, 2.45) is 11.3 Å². The summed E-state index contributed by atoms with van der Waals surface area (Å²) in [6, 6.07) is 5.53. The van der Waals surface area contributed by atoms with Gasteiger partial charge in [0.1, 0.15) is 15.7 Å². The van der Waals surface area contributed by atoms with Crippen molar-refractivity contribution in [1.29, 1.82) is 0 Å². The second-order valence-corrected chi connectivity index (χ2v) is 12.2. The van der Waals surface area contributed by atoms with E-state index in [4.69, 9.17) is 23.2 Å². The van der Waals surface area contributed by atoms with Gasteiger partial charge in [-0.05, 0) is 56.3 Å². The first-order valence-electron chi connectivity index (χ1n) is 11.4. The molecule has 3 heterocycles. The number of nitrogens with one attached hydrogen (secondary N) is 1. The number of anilines is 2. The summed E-state index contributed by atoms with van der Waals surface area (Å²) in [5, 5.41) is -0.583. The van der Waals surface area contributed by atoms with Gasteiger partial charge >= 0.3 is 0 Å². The number of pyridine rings is 1. The number of hydrogen-bond donors (Lipinski definition) is 1. The third-order valence-electron chi connectivity index (χ3n) is 7.56. The van der Waals surface area contributed by atoms with Crippen LogP contribution >= 0.6 is 23.2 Å². The Labute approximate surface area is 208 Å². The Bertz CT molecular complexity index is 1230. The molecule has 11 heteroatoms. The zero-order valence-electron chi connectivity index (χ0n) is 18.7. The average Bonchev–Trinajstić information content (AvgIpc) is 3.38. The Morgan fingerprint density at radius 3 is 2.62 bits per heavy atom. The van der Waals surface area contributed by atoms with Crippen molar-refractivity contribution in [2.75, 3.05) is 35.8 Å². The van der Waals surface area contributed by atoms with Crippen LogP contribution in [0.15, 0.2) is 29.2 Å². The predicted octanol–water partition coefficient (Wildman–Crippen LogP) is 5.17. The third-order valence-corrected chi connectivity index (χ3v) is 9.75. The van der Waals surface area contributed by atoms with Crippen molar-refractivity contribution in [3.63, 3.8) is 0 Å². The summed E-state index contributed by atoms with van der Waals surface area (Å²) in [6.45, 7) is 5.95. The van der Waals surface area contributed by atoms with Crippen LogP contribution in [0.3, 0.4) is 0 Å². The third kappa shape index (κ3) is 4.14. The highest BCUT2D eigenvalue weighted by atomic mass is 35.5. The molecule has 0 radical (unpaired) electrons. The molecule has 184 valence electrons. The first-order chi connectivity index (χ1) is 16.1. The summed E-state index contributed by atoms with van der Waals surface area (Å²) in [7, 11) is -4.49. The quantitative estimate of drug-likeness (QED) is 0.426. The molecule has 0 bridgehead atoms. The fourth-order valence-corrected chi connectivity index (χ4v) is 7.74. The molecule has 2 aliphatic heterocycles. The molecule has 1 aromatic heterocycles. The van der Waals surface area contributed by atoms with Gasteiger partial charge in [-0.2, -0.15) is 4.39 Å². The van der Waals surface area contributed by atoms with Crippen LogP contribution in [0.4, 0.5) is 20.3 Å². The van der Waals surface area contributed by atoms with Gasteiger partial charge < -0.3 is 4.90 Å². The summed E-state index contributed by atoms with van der Waals surface area (Å²) < 4.78 is 56.4. The van der Waals surface area contributed by atoms with Crippen LogP contribution in [0.5, 0.6) is 0 Å². The van der Waals surface area contributed by atoms with Crippen molar-refractivity contribution in [2.45, 2.75) is 43.5 Å². The largest absolute Gasteiger partial charge is 0.370 e. The summed E-state index contributed by atoms with van der Waals surface area (Å²) in [5.74, 6) is -1.58. The summed E-state index contributed by atoms with van der Waals surface area (Å²) in [4.78, 5) is 7.28. The number of nitrogens with zero attached hydrogens (tertiary/aromatic N) is 3. The maximum absolute atomic E-state index is 15.3. The van der Waals surface area contributed by atoms with Gasteiger partial charge in [0, 0.05) is 31.1 Å². The Kier molecular flexibility index (Phi) is 6.19. The Hall–Kier alpha value is -1.68. The minimum atomic E-state index is -4.49. The highest BCUT2D eigenvalue weighted by molar-refractivity contribution is 7.92. The van der Waals surface area contributed by atoms with E-state index in [1.165, 1.54) is 31.0 Å². The molecule has 34 heavy (non-hydrogen) atoms. The Morgan fingerprint density at radius 1 is 1.18 bits per heavy atom. The maximum Gasteiger partial charge on any atom is 0.267 e. The molecule has 1 aliphatic carbocycles. The molecule has 0 unspecified atom stereocenters. The first-order valence-corrected chi connectivity index (χ1v) is 13.7. The van der Waals surface area contributed by atoms with Crippen LogP contribution in [0.1, 0.15) is 32.6 Å². The molecule has 1 N–H and O–H groups in total. The number of rotatable bonds is 5. The van der Waals surface area contributed by atoms with E-state index in [9.17, 15) is 12.8 Å². The van der Waals surface area contributed by atoms with E-state index in [-0.39, 0.29) is 21.3 Å². The summed E-state index contributed by atoms with van der Waals surface area (Å²) in [5.41, 5.74) is 0.537. The molecule has 1 aromatic carbocycles. The molecule has 2 aromatic rings. The molecule has 5 rings (SSSR count). The van der Waals surface area contributed by atoms with Gasteiger partial charge in [0.05, 0.1) is 10.7 Å². The van der Waals surface area contributed by atoms with Gasteiger partial charge in [0.15, 0.2) is 5.82 Å². The minimum Gasteiger partial charge on any atom is -0.370 e. The number of benzene rings is 1. The van der Waals surface area contributed by atoms with Crippen LogP contribution in [0, 0.1) is 23.1 Å². The van der Waals surface area contributed by atoms with Crippen molar-refractivity contribution in [3.05, 3.63) is 46.1 Å². The van der Waals surface area contributed by atoms with Crippen LogP contribution in [0.25, 0.3) is 0 Å². The molecular formula is C23H26Cl2F2N4O2S. The fraction of sp³-hybridized carbons (Fsp3) is 0.522. The van der Waals surface area contributed by atoms with Gasteiger partial charge in [0.25, 0.3) is 10.0 Å². The van der Waals surface area contributed by atoms with E-state index >= 15 is 4.39 Å². The number of hydrogen-bond acceptors (Lipinski definition) is 5. The summed E-state index contributed by atoms with van der Waals surface area (Å²) in [6.07, 6.45) is 4.48. The normalized spacial score (nSPS) is 27.4. The number of aromatic nitrogens is 1. The van der Waals surface area contributed by atoms with Crippen LogP contribution < -0.4 is 9.62 Å². The molecule has 3 atom stereocenters. The minimum absolute atomic E-state index is 0.145. The highest BCUT2D eigenvalue weighted by Gasteiger charge is 2.53. The lowest BCUT2D eigenvalue weighted by Gasteiger charge is -2.51. The molecule has 1 spiro atoms. The first kappa shape index (κ1) is 24.0. The van der Waals surface area contributed by atoms with Crippen molar-refractivity contribution in [1.82, 2.24) is 9.88 Å². The van der Waals surface area contributed by atoms with Gasteiger partial charge in [-0.25, -0.2) is 17.8 Å². The number of sulfonamides is 1. The second-order valence-electron chi connectivity index (χ2n) is 9.76. The molecule has 1 saturated carbocycles. The molecule has 0 amide bonds. The second kappa shape index (κ2) is 8.76. The average molecular weight is 531 g/mol. The van der Waals surface area contributed by atoms with Gasteiger partial charge in [0.2, 0.25) is 5.95 Å². The van der Waals surface area contributed by atoms with E-state index in [0.717, 1.165) is 38.5 Å². The Balaban J connectivity index is 1.39. The van der Waals surface area contributed by atoms with Crippen LogP contribution in [-0.4, -0.2) is 50.5 Å². The van der Waals surface area contributed by atoms with Crippen molar-refractivity contribution < 1.29 is 17.2 Å². The van der Waals surface area contributed by atoms with Gasteiger partial charge in [-0.1, -0.05) is 36.2 Å². The molecule has 3 fully saturated rings.